The summed E-state index contributed by atoms with van der Waals surface area (Å²) in [7, 11) is 0. The van der Waals surface area contributed by atoms with Crippen molar-refractivity contribution in [1.82, 2.24) is 5.32 Å². The summed E-state index contributed by atoms with van der Waals surface area (Å²) in [6.07, 6.45) is 0.240. The van der Waals surface area contributed by atoms with E-state index < -0.39 is 12.0 Å². The molecule has 2 aromatic carbocycles. The van der Waals surface area contributed by atoms with E-state index in [2.05, 4.69) is 38.2 Å². The molecule has 0 aliphatic heterocycles. The summed E-state index contributed by atoms with van der Waals surface area (Å²) in [5.41, 5.74) is 5.49. The molecule has 0 radical (unpaired) electrons. The van der Waals surface area contributed by atoms with Gasteiger partial charge in [-0.25, -0.2) is 4.79 Å². The van der Waals surface area contributed by atoms with Gasteiger partial charge in [0.15, 0.2) is 0 Å². The number of hydrogen-bond acceptors (Lipinski definition) is 3. The standard InChI is InChI=1S/C26H35NO3/c1-17(2)24(27-23(28)15-20-11-9-8-10-12-20)25(29)30-16-22-18(3)13-21(14-19(22)4)26(5,6)7/h8-14,17,24H,15-16H2,1-7H3,(H,27,28)/t24-/m0/s1. The lowest BCUT2D eigenvalue weighted by Gasteiger charge is -2.24. The summed E-state index contributed by atoms with van der Waals surface area (Å²) in [5.74, 6) is -0.647. The minimum Gasteiger partial charge on any atom is -0.459 e. The van der Waals surface area contributed by atoms with Gasteiger partial charge < -0.3 is 10.1 Å². The van der Waals surface area contributed by atoms with Crippen LogP contribution in [0.25, 0.3) is 0 Å². The van der Waals surface area contributed by atoms with Gasteiger partial charge in [-0.3, -0.25) is 4.79 Å². The van der Waals surface area contributed by atoms with Gasteiger partial charge in [-0.05, 0) is 53.0 Å². The fourth-order valence-corrected chi connectivity index (χ4v) is 3.39. The molecular weight excluding hydrogens is 374 g/mol. The molecule has 0 aromatic heterocycles. The monoisotopic (exact) mass is 409 g/mol. The van der Waals surface area contributed by atoms with E-state index in [9.17, 15) is 9.59 Å². The second kappa shape index (κ2) is 9.92. The maximum absolute atomic E-state index is 12.8. The minimum absolute atomic E-state index is 0.0660. The van der Waals surface area contributed by atoms with Gasteiger partial charge in [0.05, 0.1) is 6.42 Å². The third-order valence-corrected chi connectivity index (χ3v) is 5.37. The zero-order chi connectivity index (χ0) is 22.5. The number of nitrogens with one attached hydrogen (secondary N) is 1. The smallest absolute Gasteiger partial charge is 0.329 e. The highest BCUT2D eigenvalue weighted by Crippen LogP contribution is 2.27. The fourth-order valence-electron chi connectivity index (χ4n) is 3.39. The van der Waals surface area contributed by atoms with Crippen LogP contribution < -0.4 is 5.32 Å². The van der Waals surface area contributed by atoms with Gasteiger partial charge in [0.25, 0.3) is 0 Å². The fraction of sp³-hybridized carbons (Fsp3) is 0.462. The first kappa shape index (κ1) is 23.7. The number of carbonyl (C=O) groups is 2. The number of aryl methyl sites for hydroxylation is 2. The van der Waals surface area contributed by atoms with Gasteiger partial charge in [-0.2, -0.15) is 0 Å². The van der Waals surface area contributed by atoms with E-state index in [1.807, 2.05) is 58.0 Å². The molecule has 0 aliphatic carbocycles. The maximum Gasteiger partial charge on any atom is 0.329 e. The molecule has 1 amide bonds. The van der Waals surface area contributed by atoms with Crippen LogP contribution in [0.1, 0.15) is 62.4 Å². The molecule has 0 spiro atoms. The van der Waals surface area contributed by atoms with Crippen molar-refractivity contribution in [3.05, 3.63) is 70.3 Å². The van der Waals surface area contributed by atoms with Crippen molar-refractivity contribution in [3.8, 4) is 0 Å². The zero-order valence-electron chi connectivity index (χ0n) is 19.3. The number of amides is 1. The van der Waals surface area contributed by atoms with Crippen LogP contribution in [0.5, 0.6) is 0 Å². The molecule has 30 heavy (non-hydrogen) atoms. The Morgan fingerprint density at radius 1 is 1.00 bits per heavy atom. The van der Waals surface area contributed by atoms with Crippen LogP contribution in [-0.2, 0) is 32.8 Å². The molecule has 0 saturated carbocycles. The molecule has 0 saturated heterocycles. The number of hydrogen-bond donors (Lipinski definition) is 1. The van der Waals surface area contributed by atoms with Gasteiger partial charge in [0, 0.05) is 0 Å². The molecule has 162 valence electrons. The highest BCUT2D eigenvalue weighted by Gasteiger charge is 2.26. The normalized spacial score (nSPS) is 12.5. The summed E-state index contributed by atoms with van der Waals surface area (Å²) in [6, 6.07) is 13.2. The summed E-state index contributed by atoms with van der Waals surface area (Å²) in [5, 5.41) is 2.85. The molecule has 1 atom stereocenters. The van der Waals surface area contributed by atoms with Crippen molar-refractivity contribution in [3.63, 3.8) is 0 Å². The number of esters is 1. The third kappa shape index (κ3) is 6.45. The summed E-state index contributed by atoms with van der Waals surface area (Å²) in [6.45, 7) is 14.7. The van der Waals surface area contributed by atoms with Crippen LogP contribution in [0.4, 0.5) is 0 Å². The average molecular weight is 410 g/mol. The van der Waals surface area contributed by atoms with E-state index in [0.29, 0.717) is 0 Å². The highest BCUT2D eigenvalue weighted by atomic mass is 16.5. The number of ether oxygens (including phenoxy) is 1. The van der Waals surface area contributed by atoms with Crippen LogP contribution in [0.3, 0.4) is 0 Å². The Morgan fingerprint density at radius 2 is 1.57 bits per heavy atom. The highest BCUT2D eigenvalue weighted by molar-refractivity contribution is 5.85. The average Bonchev–Trinajstić information content (AvgIpc) is 2.65. The second-order valence-corrected chi connectivity index (χ2v) is 9.40. The molecule has 4 heteroatoms. The van der Waals surface area contributed by atoms with Crippen LogP contribution in [0, 0.1) is 19.8 Å². The van der Waals surface area contributed by atoms with Crippen LogP contribution in [0.15, 0.2) is 42.5 Å². The van der Waals surface area contributed by atoms with Crippen LogP contribution in [-0.4, -0.2) is 17.9 Å². The molecule has 0 fully saturated rings. The lowest BCUT2D eigenvalue weighted by molar-refractivity contribution is -0.150. The Balaban J connectivity index is 2.04. The van der Waals surface area contributed by atoms with Crippen molar-refractivity contribution < 1.29 is 14.3 Å². The molecular formula is C26H35NO3. The molecule has 0 bridgehead atoms. The Bertz CT molecular complexity index is 856. The van der Waals surface area contributed by atoms with Crippen molar-refractivity contribution in [2.75, 3.05) is 0 Å². The van der Waals surface area contributed by atoms with Gasteiger partial charge in [-0.1, -0.05) is 77.1 Å². The molecule has 1 N–H and O–H groups in total. The van der Waals surface area contributed by atoms with Gasteiger partial charge in [0.1, 0.15) is 12.6 Å². The second-order valence-electron chi connectivity index (χ2n) is 9.40. The number of rotatable bonds is 7. The Hall–Kier alpha value is -2.62. The number of benzene rings is 2. The van der Waals surface area contributed by atoms with Gasteiger partial charge >= 0.3 is 5.97 Å². The minimum atomic E-state index is -0.671. The van der Waals surface area contributed by atoms with E-state index in [1.165, 1.54) is 5.56 Å². The quantitative estimate of drug-likeness (QED) is 0.653. The summed E-state index contributed by atoms with van der Waals surface area (Å²) < 4.78 is 5.64. The first-order valence-electron chi connectivity index (χ1n) is 10.6. The molecule has 0 unspecified atom stereocenters. The van der Waals surface area contributed by atoms with Crippen LogP contribution in [0.2, 0.25) is 0 Å². The molecule has 0 aliphatic rings. The topological polar surface area (TPSA) is 55.4 Å². The Morgan fingerprint density at radius 3 is 2.07 bits per heavy atom. The Labute approximate surface area is 181 Å². The molecule has 0 heterocycles. The first-order chi connectivity index (χ1) is 14.0. The Kier molecular flexibility index (Phi) is 7.83. The van der Waals surface area contributed by atoms with E-state index in [1.54, 1.807) is 0 Å². The predicted molar refractivity (Wildman–Crippen MR) is 121 cm³/mol. The zero-order valence-corrected chi connectivity index (χ0v) is 19.3. The third-order valence-electron chi connectivity index (χ3n) is 5.37. The molecule has 2 aromatic rings. The largest absolute Gasteiger partial charge is 0.459 e. The lowest BCUT2D eigenvalue weighted by Crippen LogP contribution is -2.45. The SMILES string of the molecule is Cc1cc(C(C)(C)C)cc(C)c1COC(=O)[C@@H](NC(=O)Cc1ccccc1)C(C)C. The van der Waals surface area contributed by atoms with Gasteiger partial charge in [-0.15, -0.1) is 0 Å². The molecule has 4 nitrogen and oxygen atoms in total. The summed E-state index contributed by atoms with van der Waals surface area (Å²) in [4.78, 5) is 25.2. The van der Waals surface area contributed by atoms with Gasteiger partial charge in [0.2, 0.25) is 5.91 Å². The van der Waals surface area contributed by atoms with E-state index >= 15 is 0 Å². The predicted octanol–water partition coefficient (Wildman–Crippen LogP) is 5.03. The van der Waals surface area contributed by atoms with Crippen molar-refractivity contribution >= 4 is 11.9 Å². The van der Waals surface area contributed by atoms with E-state index in [-0.39, 0.29) is 30.3 Å². The van der Waals surface area contributed by atoms with E-state index in [4.69, 9.17) is 4.74 Å². The maximum atomic E-state index is 12.8. The van der Waals surface area contributed by atoms with Crippen molar-refractivity contribution in [2.24, 2.45) is 5.92 Å². The number of carbonyl (C=O) groups excluding carboxylic acids is 2. The first-order valence-corrected chi connectivity index (χ1v) is 10.6. The van der Waals surface area contributed by atoms with Crippen LogP contribution >= 0.6 is 0 Å². The van der Waals surface area contributed by atoms with Crippen molar-refractivity contribution in [2.45, 2.75) is 73.0 Å². The summed E-state index contributed by atoms with van der Waals surface area (Å²) >= 11 is 0. The lowest BCUT2D eigenvalue weighted by atomic mass is 9.84. The molecule has 2 rings (SSSR count). The van der Waals surface area contributed by atoms with Crippen molar-refractivity contribution in [1.29, 1.82) is 0 Å². The van der Waals surface area contributed by atoms with E-state index in [0.717, 1.165) is 22.3 Å².